The van der Waals surface area contributed by atoms with Crippen LogP contribution in [0.1, 0.15) is 6.92 Å². The maximum absolute atomic E-state index is 8.89. The van der Waals surface area contributed by atoms with E-state index in [1.807, 2.05) is 30.7 Å². The third-order valence-corrected chi connectivity index (χ3v) is 0.843. The van der Waals surface area contributed by atoms with Gasteiger partial charge in [0.15, 0.2) is 0 Å². The first-order chi connectivity index (χ1) is 5.13. The second-order valence-electron chi connectivity index (χ2n) is 1.98. The molecule has 0 amide bonds. The van der Waals surface area contributed by atoms with Crippen molar-refractivity contribution in [2.24, 2.45) is 0 Å². The van der Waals surface area contributed by atoms with Crippen molar-refractivity contribution in [3.8, 4) is 0 Å². The minimum absolute atomic E-state index is 0. The quantitative estimate of drug-likeness (QED) is 0.601. The fraction of sp³-hybridized carbons (Fsp3) is 0.111. The van der Waals surface area contributed by atoms with Crippen LogP contribution in [0.15, 0.2) is 36.5 Å². The molecule has 0 saturated carbocycles. The third kappa shape index (κ3) is 12.3. The van der Waals surface area contributed by atoms with Gasteiger partial charge in [-0.25, -0.2) is 0 Å². The molecule has 0 spiro atoms. The Kier molecular flexibility index (Phi) is 10.3. The van der Waals surface area contributed by atoms with Gasteiger partial charge < -0.3 is 9.90 Å². The van der Waals surface area contributed by atoms with Crippen molar-refractivity contribution < 1.29 is 37.6 Å². The van der Waals surface area contributed by atoms with Gasteiger partial charge >= 0.3 is 27.7 Å². The van der Waals surface area contributed by atoms with E-state index < -0.39 is 5.97 Å². The molecule has 0 aliphatic heterocycles. The first-order valence-electron chi connectivity index (χ1n) is 3.17. The topological polar surface area (TPSA) is 40.1 Å². The summed E-state index contributed by atoms with van der Waals surface area (Å²) in [7, 11) is 0. The van der Waals surface area contributed by atoms with E-state index in [4.69, 9.17) is 9.90 Å². The normalized spacial score (nSPS) is 12.6. The summed E-state index contributed by atoms with van der Waals surface area (Å²) in [6.07, 6.45) is 9.87. The van der Waals surface area contributed by atoms with E-state index in [-0.39, 0.29) is 27.7 Å². The van der Waals surface area contributed by atoms with Crippen molar-refractivity contribution in [1.29, 1.82) is 0 Å². The molecule has 0 atom stereocenters. The molecule has 1 aliphatic carbocycles. The number of carbonyl (C=O) groups excluding carboxylic acids is 1. The van der Waals surface area contributed by atoms with Crippen LogP contribution in [0.2, 0.25) is 0 Å². The van der Waals surface area contributed by atoms with Gasteiger partial charge in [-0.3, -0.25) is 0 Å². The smallest absolute Gasteiger partial charge is 0.550 e. The van der Waals surface area contributed by atoms with Crippen LogP contribution in [0.3, 0.4) is 0 Å². The monoisotopic (exact) mass is 352 g/mol. The zero-order chi connectivity index (χ0) is 8.69. The molecule has 0 fully saturated rings. The molecule has 1 rings (SSSR count). The van der Waals surface area contributed by atoms with Gasteiger partial charge in [0, 0.05) is 12.4 Å². The largest absolute Gasteiger partial charge is 1.00 e. The molecule has 0 aromatic carbocycles. The predicted molar refractivity (Wildman–Crippen MR) is 42.4 cm³/mol. The zero-order valence-corrected chi connectivity index (χ0v) is 12.6. The molecule has 3 heteroatoms. The number of rotatable bonds is 0. The maximum atomic E-state index is 8.89. The summed E-state index contributed by atoms with van der Waals surface area (Å²) >= 11 is 0. The second-order valence-corrected chi connectivity index (χ2v) is 1.98. The summed E-state index contributed by atoms with van der Waals surface area (Å²) in [6.45, 7) is 4.69. The summed E-state index contributed by atoms with van der Waals surface area (Å²) in [4.78, 5) is 8.89. The van der Waals surface area contributed by atoms with Gasteiger partial charge in [0.05, 0.1) is 0 Å². The fourth-order valence-corrected chi connectivity index (χ4v) is 0.478. The molecular formula is C9H10HgO2. The number of carboxylic acids is 1. The minimum Gasteiger partial charge on any atom is -0.550 e. The van der Waals surface area contributed by atoms with E-state index in [0.29, 0.717) is 0 Å². The van der Waals surface area contributed by atoms with Crippen LogP contribution in [0.25, 0.3) is 0 Å². The Bertz CT molecular complexity index is 201. The summed E-state index contributed by atoms with van der Waals surface area (Å²) < 4.78 is 0. The molecule has 0 bridgehead atoms. The molecule has 0 heterocycles. The molecule has 0 aromatic heterocycles. The van der Waals surface area contributed by atoms with E-state index in [1.165, 1.54) is 0 Å². The van der Waals surface area contributed by atoms with Crippen molar-refractivity contribution in [3.63, 3.8) is 0 Å². The molecule has 2 nitrogen and oxygen atoms in total. The van der Waals surface area contributed by atoms with Crippen LogP contribution in [-0.4, -0.2) is 5.97 Å². The zero-order valence-electron chi connectivity index (χ0n) is 7.12. The van der Waals surface area contributed by atoms with Crippen molar-refractivity contribution in [2.45, 2.75) is 6.92 Å². The average Bonchev–Trinajstić information content (AvgIpc) is 1.87. The van der Waals surface area contributed by atoms with E-state index in [2.05, 4.69) is 6.58 Å². The van der Waals surface area contributed by atoms with Crippen LogP contribution in [0, 0.1) is 6.42 Å². The second kappa shape index (κ2) is 8.72. The molecule has 1 aliphatic rings. The molecular weight excluding hydrogens is 341 g/mol. The van der Waals surface area contributed by atoms with Gasteiger partial charge in [0.2, 0.25) is 0 Å². The number of allylic oxidation sites excluding steroid dienone is 5. The molecule has 0 unspecified atom stereocenters. The fourth-order valence-electron chi connectivity index (χ4n) is 0.478. The standard InChI is InChI=1S/C7H7.C2H4O2.Hg/c1-7-5-3-2-4-6-7;1-2(3)4;/h2-6H,1H2;1H3,(H,3,4);/q;;+1/p-1. The number of carbonyl (C=O) groups is 1. The summed E-state index contributed by atoms with van der Waals surface area (Å²) in [5, 5.41) is 8.89. The number of hydrogen-bond donors (Lipinski definition) is 0. The molecule has 60 valence electrons. The molecule has 2 radical (unpaired) electrons. The summed E-state index contributed by atoms with van der Waals surface area (Å²) in [5.41, 5.74) is 1.07. The van der Waals surface area contributed by atoms with Crippen LogP contribution in [0.4, 0.5) is 0 Å². The first kappa shape index (κ1) is 14.2. The summed E-state index contributed by atoms with van der Waals surface area (Å²) in [6, 6.07) is 0. The van der Waals surface area contributed by atoms with Crippen LogP contribution in [0.5, 0.6) is 0 Å². The number of aliphatic carboxylic acids is 1. The van der Waals surface area contributed by atoms with Crippen molar-refractivity contribution in [3.05, 3.63) is 42.9 Å². The van der Waals surface area contributed by atoms with Gasteiger partial charge in [0.1, 0.15) is 0 Å². The van der Waals surface area contributed by atoms with Gasteiger partial charge in [-0.2, -0.15) is 0 Å². The van der Waals surface area contributed by atoms with Crippen LogP contribution >= 0.6 is 0 Å². The Hall–Kier alpha value is -0.375. The first-order valence-corrected chi connectivity index (χ1v) is 3.17. The summed E-state index contributed by atoms with van der Waals surface area (Å²) in [5.74, 6) is -1.08. The Morgan fingerprint density at radius 2 is 1.92 bits per heavy atom. The number of carboxylic acid groups (broad SMARTS) is 1. The van der Waals surface area contributed by atoms with Crippen LogP contribution in [-0.2, 0) is 32.5 Å². The Morgan fingerprint density at radius 1 is 1.42 bits per heavy atom. The van der Waals surface area contributed by atoms with Crippen molar-refractivity contribution in [2.75, 3.05) is 0 Å². The third-order valence-electron chi connectivity index (χ3n) is 0.843. The van der Waals surface area contributed by atoms with Gasteiger partial charge in [-0.05, 0) is 12.5 Å². The van der Waals surface area contributed by atoms with Crippen LogP contribution < -0.4 is 5.11 Å². The van der Waals surface area contributed by atoms with E-state index >= 15 is 0 Å². The van der Waals surface area contributed by atoms with Gasteiger partial charge in [-0.1, -0.05) is 30.9 Å². The van der Waals surface area contributed by atoms with Crippen molar-refractivity contribution >= 4 is 5.97 Å². The van der Waals surface area contributed by atoms with E-state index in [1.54, 1.807) is 0 Å². The van der Waals surface area contributed by atoms with Gasteiger partial charge in [-0.15, -0.1) is 0 Å². The van der Waals surface area contributed by atoms with E-state index in [9.17, 15) is 0 Å². The Labute approximate surface area is 93.2 Å². The minimum atomic E-state index is -1.08. The predicted octanol–water partition coefficient (Wildman–Crippen LogP) is 0.627. The molecule has 12 heavy (non-hydrogen) atoms. The van der Waals surface area contributed by atoms with E-state index in [0.717, 1.165) is 12.5 Å². The average molecular weight is 351 g/mol. The van der Waals surface area contributed by atoms with Crippen molar-refractivity contribution in [1.82, 2.24) is 0 Å². The molecule has 0 aromatic rings. The Balaban J connectivity index is 0. The maximum Gasteiger partial charge on any atom is 1.00 e. The number of hydrogen-bond acceptors (Lipinski definition) is 2. The SMILES string of the molecule is C=C1[CH]C=CC=C1.CC(=O)[O-].[Hg+]. The molecule has 0 saturated heterocycles. The van der Waals surface area contributed by atoms with Gasteiger partial charge in [0.25, 0.3) is 0 Å². The Morgan fingerprint density at radius 3 is 2.08 bits per heavy atom. The molecule has 0 N–H and O–H groups in total.